The first-order chi connectivity index (χ1) is 15.9. The van der Waals surface area contributed by atoms with Crippen molar-refractivity contribution in [3.8, 4) is 11.5 Å². The number of amides is 1. The molecule has 33 heavy (non-hydrogen) atoms. The van der Waals surface area contributed by atoms with Crippen LogP contribution in [0.2, 0.25) is 0 Å². The average molecular weight is 453 g/mol. The maximum atomic E-state index is 13.7. The lowest BCUT2D eigenvalue weighted by molar-refractivity contribution is -0.143. The standard InChI is InChI=1S/C26H32N2O5/c1-15(17-4-7-20(32-3)8-5-17)16(2)28-25(29)24(21-13-27-14-22(21)26(30)31)19-6-9-23-18(12-19)10-11-33-23/h4-9,12,15-16,21-22,24,27H,10-11,13-14H2,1-3H3,(H,28,29)(H,30,31)/t15?,16?,21-,22-,24?/m0/s1. The van der Waals surface area contributed by atoms with E-state index in [1.165, 1.54) is 0 Å². The topological polar surface area (TPSA) is 96.9 Å². The summed E-state index contributed by atoms with van der Waals surface area (Å²) in [5.41, 5.74) is 3.02. The first-order valence-corrected chi connectivity index (χ1v) is 11.5. The summed E-state index contributed by atoms with van der Waals surface area (Å²) in [7, 11) is 1.63. The summed E-state index contributed by atoms with van der Waals surface area (Å²) < 4.78 is 10.9. The van der Waals surface area contributed by atoms with Crippen molar-refractivity contribution < 1.29 is 24.2 Å². The van der Waals surface area contributed by atoms with Gasteiger partial charge < -0.3 is 25.2 Å². The fourth-order valence-corrected chi connectivity index (χ4v) is 4.95. The molecule has 0 spiro atoms. The molecule has 0 aliphatic carbocycles. The third-order valence-electron chi connectivity index (χ3n) is 7.12. The number of carbonyl (C=O) groups is 2. The van der Waals surface area contributed by atoms with Crippen molar-refractivity contribution >= 4 is 11.9 Å². The minimum Gasteiger partial charge on any atom is -0.497 e. The van der Waals surface area contributed by atoms with E-state index in [0.29, 0.717) is 19.7 Å². The van der Waals surface area contributed by atoms with Gasteiger partial charge in [0.2, 0.25) is 5.91 Å². The number of benzene rings is 2. The number of rotatable bonds is 8. The van der Waals surface area contributed by atoms with Crippen LogP contribution in [0.25, 0.3) is 0 Å². The minimum atomic E-state index is -0.869. The lowest BCUT2D eigenvalue weighted by atomic mass is 9.78. The van der Waals surface area contributed by atoms with E-state index in [-0.39, 0.29) is 23.8 Å². The van der Waals surface area contributed by atoms with Crippen LogP contribution in [-0.4, -0.2) is 49.8 Å². The highest BCUT2D eigenvalue weighted by Gasteiger charge is 2.42. The van der Waals surface area contributed by atoms with Crippen molar-refractivity contribution in [2.45, 2.75) is 38.1 Å². The smallest absolute Gasteiger partial charge is 0.308 e. The molecule has 2 aliphatic rings. The van der Waals surface area contributed by atoms with Gasteiger partial charge in [-0.05, 0) is 48.4 Å². The van der Waals surface area contributed by atoms with E-state index in [2.05, 4.69) is 17.6 Å². The van der Waals surface area contributed by atoms with Gasteiger partial charge in [0, 0.05) is 30.8 Å². The minimum absolute atomic E-state index is 0.0749. The fraction of sp³-hybridized carbons (Fsp3) is 0.462. The van der Waals surface area contributed by atoms with E-state index in [9.17, 15) is 14.7 Å². The molecule has 3 N–H and O–H groups in total. The molecule has 2 aromatic carbocycles. The zero-order valence-electron chi connectivity index (χ0n) is 19.3. The van der Waals surface area contributed by atoms with Crippen molar-refractivity contribution in [1.29, 1.82) is 0 Å². The lowest BCUT2D eigenvalue weighted by Crippen LogP contribution is -2.43. The monoisotopic (exact) mass is 452 g/mol. The first-order valence-electron chi connectivity index (χ1n) is 11.5. The number of carboxylic acid groups (broad SMARTS) is 1. The quantitative estimate of drug-likeness (QED) is 0.570. The number of nitrogens with one attached hydrogen (secondary N) is 2. The summed E-state index contributed by atoms with van der Waals surface area (Å²) in [6, 6.07) is 13.5. The molecule has 2 heterocycles. The molecule has 0 bridgehead atoms. The maximum absolute atomic E-state index is 13.7. The first kappa shape index (κ1) is 23.1. The molecule has 0 radical (unpaired) electrons. The number of hydrogen-bond donors (Lipinski definition) is 3. The van der Waals surface area contributed by atoms with Crippen molar-refractivity contribution in [2.24, 2.45) is 11.8 Å². The Morgan fingerprint density at radius 3 is 2.55 bits per heavy atom. The van der Waals surface area contributed by atoms with E-state index in [0.717, 1.165) is 34.6 Å². The Bertz CT molecular complexity index is 1010. The Labute approximate surface area is 194 Å². The van der Waals surface area contributed by atoms with Crippen LogP contribution in [0.15, 0.2) is 42.5 Å². The fourth-order valence-electron chi connectivity index (χ4n) is 4.95. The Hall–Kier alpha value is -3.06. The second-order valence-electron chi connectivity index (χ2n) is 9.07. The van der Waals surface area contributed by atoms with Crippen molar-refractivity contribution in [2.75, 3.05) is 26.8 Å². The molecule has 1 fully saturated rings. The maximum Gasteiger partial charge on any atom is 0.308 e. The van der Waals surface area contributed by atoms with Crippen molar-refractivity contribution in [3.05, 3.63) is 59.2 Å². The van der Waals surface area contributed by atoms with Gasteiger partial charge in [-0.3, -0.25) is 9.59 Å². The second kappa shape index (κ2) is 9.83. The van der Waals surface area contributed by atoms with Gasteiger partial charge in [-0.2, -0.15) is 0 Å². The molecule has 0 saturated carbocycles. The molecular weight excluding hydrogens is 420 g/mol. The van der Waals surface area contributed by atoms with Gasteiger partial charge in [0.05, 0.1) is 25.6 Å². The molecule has 3 unspecified atom stereocenters. The molecule has 7 heteroatoms. The van der Waals surface area contributed by atoms with Gasteiger partial charge in [-0.25, -0.2) is 0 Å². The van der Waals surface area contributed by atoms with E-state index < -0.39 is 17.8 Å². The Morgan fingerprint density at radius 2 is 1.85 bits per heavy atom. The highest BCUT2D eigenvalue weighted by atomic mass is 16.5. The van der Waals surface area contributed by atoms with Crippen molar-refractivity contribution in [1.82, 2.24) is 10.6 Å². The van der Waals surface area contributed by atoms with Gasteiger partial charge in [0.1, 0.15) is 11.5 Å². The Kier molecular flexibility index (Phi) is 6.88. The van der Waals surface area contributed by atoms with Crippen LogP contribution in [0.5, 0.6) is 11.5 Å². The number of carbonyl (C=O) groups excluding carboxylic acids is 1. The average Bonchev–Trinajstić information content (AvgIpc) is 3.48. The molecule has 7 nitrogen and oxygen atoms in total. The van der Waals surface area contributed by atoms with Gasteiger partial charge in [-0.15, -0.1) is 0 Å². The van der Waals surface area contributed by atoms with E-state index in [1.807, 2.05) is 49.4 Å². The number of fused-ring (bicyclic) bond motifs is 1. The summed E-state index contributed by atoms with van der Waals surface area (Å²) in [6.07, 6.45) is 0.799. The van der Waals surface area contributed by atoms with E-state index in [4.69, 9.17) is 9.47 Å². The predicted molar refractivity (Wildman–Crippen MR) is 125 cm³/mol. The SMILES string of the molecule is COc1ccc(C(C)C(C)NC(=O)C(c2ccc3c(c2)CCO3)[C@H]2CNC[C@@H]2C(=O)O)cc1. The number of aliphatic carboxylic acids is 1. The van der Waals surface area contributed by atoms with Crippen LogP contribution in [-0.2, 0) is 16.0 Å². The molecule has 176 valence electrons. The normalized spacial score (nSPS) is 22.0. The zero-order valence-corrected chi connectivity index (χ0v) is 19.3. The molecule has 4 rings (SSSR count). The van der Waals surface area contributed by atoms with Crippen LogP contribution in [0.3, 0.4) is 0 Å². The van der Waals surface area contributed by atoms with Gasteiger partial charge >= 0.3 is 5.97 Å². The highest BCUT2D eigenvalue weighted by Crippen LogP contribution is 2.37. The number of carboxylic acids is 1. The lowest BCUT2D eigenvalue weighted by Gasteiger charge is -2.29. The predicted octanol–water partition coefficient (Wildman–Crippen LogP) is 2.94. The van der Waals surface area contributed by atoms with Gasteiger partial charge in [0.15, 0.2) is 0 Å². The van der Waals surface area contributed by atoms with E-state index >= 15 is 0 Å². The van der Waals surface area contributed by atoms with Gasteiger partial charge in [-0.1, -0.05) is 31.2 Å². The van der Waals surface area contributed by atoms with Crippen LogP contribution < -0.4 is 20.1 Å². The zero-order chi connectivity index (χ0) is 23.5. The Balaban J connectivity index is 1.58. The molecule has 1 saturated heterocycles. The molecule has 2 aromatic rings. The summed E-state index contributed by atoms with van der Waals surface area (Å²) >= 11 is 0. The van der Waals surface area contributed by atoms with Crippen LogP contribution in [0.1, 0.15) is 42.4 Å². The molecule has 1 amide bonds. The van der Waals surface area contributed by atoms with Crippen LogP contribution in [0, 0.1) is 11.8 Å². The van der Waals surface area contributed by atoms with Crippen LogP contribution in [0.4, 0.5) is 0 Å². The van der Waals surface area contributed by atoms with Gasteiger partial charge in [0.25, 0.3) is 0 Å². The van der Waals surface area contributed by atoms with E-state index in [1.54, 1.807) is 7.11 Å². The number of methoxy groups -OCH3 is 1. The Morgan fingerprint density at radius 1 is 1.12 bits per heavy atom. The summed E-state index contributed by atoms with van der Waals surface area (Å²) in [5.74, 6) is -0.793. The molecule has 2 aliphatic heterocycles. The number of hydrogen-bond acceptors (Lipinski definition) is 5. The molecule has 0 aromatic heterocycles. The van der Waals surface area contributed by atoms with Crippen molar-refractivity contribution in [3.63, 3.8) is 0 Å². The molecular formula is C26H32N2O5. The largest absolute Gasteiger partial charge is 0.497 e. The van der Waals surface area contributed by atoms with Crippen LogP contribution >= 0.6 is 0 Å². The molecule has 5 atom stereocenters. The third kappa shape index (κ3) is 4.83. The number of ether oxygens (including phenoxy) is 2. The second-order valence-corrected chi connectivity index (χ2v) is 9.07. The summed E-state index contributed by atoms with van der Waals surface area (Å²) in [6.45, 7) is 5.56. The third-order valence-corrected chi connectivity index (χ3v) is 7.12. The summed E-state index contributed by atoms with van der Waals surface area (Å²) in [5, 5.41) is 16.1. The highest BCUT2D eigenvalue weighted by molar-refractivity contribution is 5.86. The summed E-state index contributed by atoms with van der Waals surface area (Å²) in [4.78, 5) is 25.6.